The molecule has 1 atom stereocenters. The van der Waals surface area contributed by atoms with E-state index in [0.717, 1.165) is 44.6 Å². The van der Waals surface area contributed by atoms with Crippen molar-refractivity contribution in [1.29, 1.82) is 0 Å². The molecule has 4 heteroatoms. The van der Waals surface area contributed by atoms with Crippen LogP contribution in [0.1, 0.15) is 36.9 Å². The molecule has 0 aliphatic rings. The zero-order valence-electron chi connectivity index (χ0n) is 13.9. The quantitative estimate of drug-likeness (QED) is 0.760. The van der Waals surface area contributed by atoms with Crippen LogP contribution in [0.25, 0.3) is 0 Å². The highest BCUT2D eigenvalue weighted by Crippen LogP contribution is 2.17. The van der Waals surface area contributed by atoms with Gasteiger partial charge in [-0.2, -0.15) is 0 Å². The number of nitrogens with two attached hydrogens (primary N) is 1. The normalized spacial score (nSPS) is 13.1. The molecule has 120 valence electrons. The lowest BCUT2D eigenvalue weighted by Gasteiger charge is -2.23. The first-order chi connectivity index (χ1) is 9.93. The van der Waals surface area contributed by atoms with Crippen LogP contribution in [-0.2, 0) is 0 Å². The number of hydrogen-bond donors (Lipinski definition) is 1. The number of nitrogens with zero attached hydrogens (tertiary/aromatic N) is 2. The van der Waals surface area contributed by atoms with Crippen LogP contribution in [0, 0.1) is 12.7 Å². The predicted octanol–water partition coefficient (Wildman–Crippen LogP) is 2.80. The summed E-state index contributed by atoms with van der Waals surface area (Å²) in [7, 11) is 4.19. The van der Waals surface area contributed by atoms with Crippen molar-refractivity contribution in [2.24, 2.45) is 5.73 Å². The molecule has 0 aromatic heterocycles. The predicted molar refractivity (Wildman–Crippen MR) is 88.0 cm³/mol. The van der Waals surface area contributed by atoms with Gasteiger partial charge in [0.15, 0.2) is 0 Å². The van der Waals surface area contributed by atoms with Crippen molar-refractivity contribution in [2.75, 3.05) is 40.3 Å². The highest BCUT2D eigenvalue weighted by Gasteiger charge is 2.10. The maximum Gasteiger partial charge on any atom is 0.126 e. The molecule has 0 bridgehead atoms. The second-order valence-corrected chi connectivity index (χ2v) is 5.99. The molecule has 3 nitrogen and oxygen atoms in total. The second kappa shape index (κ2) is 9.13. The molecule has 1 aromatic rings. The van der Waals surface area contributed by atoms with Crippen LogP contribution in [0.2, 0.25) is 0 Å². The number of hydrogen-bond acceptors (Lipinski definition) is 3. The van der Waals surface area contributed by atoms with Gasteiger partial charge in [0, 0.05) is 6.04 Å². The summed E-state index contributed by atoms with van der Waals surface area (Å²) in [6.45, 7) is 8.12. The lowest BCUT2D eigenvalue weighted by Crippen LogP contribution is -2.30. The van der Waals surface area contributed by atoms with Gasteiger partial charge in [0.05, 0.1) is 0 Å². The molecule has 1 rings (SSSR count). The van der Waals surface area contributed by atoms with Gasteiger partial charge in [-0.25, -0.2) is 4.39 Å². The van der Waals surface area contributed by atoms with Crippen LogP contribution in [0.4, 0.5) is 4.39 Å². The van der Waals surface area contributed by atoms with Gasteiger partial charge in [-0.05, 0) is 77.2 Å². The number of halogens is 1. The molecule has 2 N–H and O–H groups in total. The van der Waals surface area contributed by atoms with E-state index in [1.54, 1.807) is 19.1 Å². The summed E-state index contributed by atoms with van der Waals surface area (Å²) in [6, 6.07) is 5.22. The summed E-state index contributed by atoms with van der Waals surface area (Å²) in [6.07, 6.45) is 2.02. The highest BCUT2D eigenvalue weighted by molar-refractivity contribution is 5.25. The molecule has 0 fully saturated rings. The topological polar surface area (TPSA) is 32.5 Å². The third kappa shape index (κ3) is 6.55. The van der Waals surface area contributed by atoms with E-state index >= 15 is 0 Å². The van der Waals surface area contributed by atoms with Gasteiger partial charge in [0.2, 0.25) is 0 Å². The maximum atomic E-state index is 13.6. The molecular weight excluding hydrogens is 265 g/mol. The van der Waals surface area contributed by atoms with Gasteiger partial charge in [-0.3, -0.25) is 0 Å². The molecule has 0 spiro atoms. The Morgan fingerprint density at radius 1 is 1.19 bits per heavy atom. The number of aryl methyl sites for hydroxylation is 1. The Kier molecular flexibility index (Phi) is 7.86. The Labute approximate surface area is 128 Å². The van der Waals surface area contributed by atoms with Crippen molar-refractivity contribution < 1.29 is 4.39 Å². The minimum absolute atomic E-state index is 0.0944. The van der Waals surface area contributed by atoms with Crippen molar-refractivity contribution in [3.05, 3.63) is 35.1 Å². The van der Waals surface area contributed by atoms with E-state index in [1.807, 2.05) is 6.07 Å². The third-order valence-electron chi connectivity index (χ3n) is 3.91. The van der Waals surface area contributed by atoms with E-state index in [4.69, 9.17) is 5.73 Å². The van der Waals surface area contributed by atoms with Crippen LogP contribution in [-0.4, -0.2) is 50.1 Å². The minimum Gasteiger partial charge on any atom is -0.324 e. The molecule has 1 aromatic carbocycles. The number of rotatable bonds is 9. The van der Waals surface area contributed by atoms with E-state index < -0.39 is 0 Å². The lowest BCUT2D eigenvalue weighted by atomic mass is 10.0. The standard InChI is InChI=1S/C17H30FN3/c1-5-21(11-6-10-20(3)4)12-9-17(19)15-8-7-14(2)16(18)13-15/h7-8,13,17H,5-6,9-12,19H2,1-4H3. The molecule has 0 aliphatic heterocycles. The first-order valence-electron chi connectivity index (χ1n) is 7.82. The summed E-state index contributed by atoms with van der Waals surface area (Å²) in [4.78, 5) is 4.61. The Morgan fingerprint density at radius 3 is 2.48 bits per heavy atom. The van der Waals surface area contributed by atoms with Crippen molar-refractivity contribution in [3.63, 3.8) is 0 Å². The molecular formula is C17H30FN3. The Hall–Kier alpha value is -0.970. The molecule has 21 heavy (non-hydrogen) atoms. The monoisotopic (exact) mass is 295 g/mol. The van der Waals surface area contributed by atoms with Gasteiger partial charge in [0.1, 0.15) is 5.82 Å². The van der Waals surface area contributed by atoms with Gasteiger partial charge >= 0.3 is 0 Å². The van der Waals surface area contributed by atoms with Crippen molar-refractivity contribution in [3.8, 4) is 0 Å². The maximum absolute atomic E-state index is 13.6. The van der Waals surface area contributed by atoms with Crippen LogP contribution < -0.4 is 5.73 Å². The second-order valence-electron chi connectivity index (χ2n) is 5.99. The molecule has 0 aliphatic carbocycles. The zero-order valence-corrected chi connectivity index (χ0v) is 13.9. The molecule has 0 amide bonds. The molecule has 1 unspecified atom stereocenters. The van der Waals surface area contributed by atoms with Crippen LogP contribution in [0.15, 0.2) is 18.2 Å². The molecule has 0 radical (unpaired) electrons. The summed E-state index contributed by atoms with van der Waals surface area (Å²) in [5.41, 5.74) is 7.75. The largest absolute Gasteiger partial charge is 0.324 e. The fourth-order valence-electron chi connectivity index (χ4n) is 2.37. The third-order valence-corrected chi connectivity index (χ3v) is 3.91. The van der Waals surface area contributed by atoms with Crippen LogP contribution >= 0.6 is 0 Å². The average Bonchev–Trinajstić information content (AvgIpc) is 2.44. The van der Waals surface area contributed by atoms with E-state index in [2.05, 4.69) is 30.8 Å². The summed E-state index contributed by atoms with van der Waals surface area (Å²) in [5.74, 6) is -0.165. The average molecular weight is 295 g/mol. The number of benzene rings is 1. The minimum atomic E-state index is -0.165. The van der Waals surface area contributed by atoms with Crippen LogP contribution in [0.3, 0.4) is 0 Å². The summed E-state index contributed by atoms with van der Waals surface area (Å²) < 4.78 is 13.6. The fraction of sp³-hybridized carbons (Fsp3) is 0.647. The van der Waals surface area contributed by atoms with Gasteiger partial charge in [0.25, 0.3) is 0 Å². The smallest absolute Gasteiger partial charge is 0.126 e. The van der Waals surface area contributed by atoms with E-state index in [0.29, 0.717) is 5.56 Å². The van der Waals surface area contributed by atoms with E-state index in [1.165, 1.54) is 0 Å². The Morgan fingerprint density at radius 2 is 1.90 bits per heavy atom. The van der Waals surface area contributed by atoms with Gasteiger partial charge in [-0.15, -0.1) is 0 Å². The van der Waals surface area contributed by atoms with E-state index in [-0.39, 0.29) is 11.9 Å². The van der Waals surface area contributed by atoms with Crippen molar-refractivity contribution in [2.45, 2.75) is 32.7 Å². The van der Waals surface area contributed by atoms with Crippen molar-refractivity contribution in [1.82, 2.24) is 9.80 Å². The van der Waals surface area contributed by atoms with Gasteiger partial charge < -0.3 is 15.5 Å². The van der Waals surface area contributed by atoms with E-state index in [9.17, 15) is 4.39 Å². The van der Waals surface area contributed by atoms with Crippen LogP contribution in [0.5, 0.6) is 0 Å². The summed E-state index contributed by atoms with van der Waals surface area (Å²) in [5, 5.41) is 0. The molecule has 0 heterocycles. The highest BCUT2D eigenvalue weighted by atomic mass is 19.1. The van der Waals surface area contributed by atoms with Gasteiger partial charge in [-0.1, -0.05) is 19.1 Å². The Balaban J connectivity index is 2.42. The first-order valence-corrected chi connectivity index (χ1v) is 7.82. The first kappa shape index (κ1) is 18.1. The Bertz CT molecular complexity index is 420. The fourth-order valence-corrected chi connectivity index (χ4v) is 2.37. The summed E-state index contributed by atoms with van der Waals surface area (Å²) >= 11 is 0. The molecule has 0 saturated heterocycles. The lowest BCUT2D eigenvalue weighted by molar-refractivity contribution is 0.257. The molecule has 0 saturated carbocycles. The zero-order chi connectivity index (χ0) is 15.8. The SMILES string of the molecule is CCN(CCCN(C)C)CCC(N)c1ccc(C)c(F)c1. The van der Waals surface area contributed by atoms with Crippen molar-refractivity contribution >= 4 is 0 Å².